The van der Waals surface area contributed by atoms with Crippen molar-refractivity contribution in [3.8, 4) is 0 Å². The standard InChI is InChI=1S/C24H28N2O4/c1-5-30-21(27)15-12-18-10-13-19(14-11-18)25-24(29)22(16(2)3)26-23(28)20-9-7-6-8-17(20)4/h6-16,22H,5H2,1-4H3,(H,25,29)(H,26,28)/b15-12+. The number of rotatable bonds is 8. The smallest absolute Gasteiger partial charge is 0.330 e. The van der Waals surface area contributed by atoms with E-state index in [2.05, 4.69) is 10.6 Å². The maximum absolute atomic E-state index is 12.8. The van der Waals surface area contributed by atoms with E-state index >= 15 is 0 Å². The van der Waals surface area contributed by atoms with E-state index < -0.39 is 12.0 Å². The highest BCUT2D eigenvalue weighted by Crippen LogP contribution is 2.14. The largest absolute Gasteiger partial charge is 0.463 e. The summed E-state index contributed by atoms with van der Waals surface area (Å²) in [6.07, 6.45) is 3.00. The van der Waals surface area contributed by atoms with Gasteiger partial charge in [-0.2, -0.15) is 0 Å². The van der Waals surface area contributed by atoms with Crippen LogP contribution in [0.4, 0.5) is 5.69 Å². The number of nitrogens with one attached hydrogen (secondary N) is 2. The Hall–Kier alpha value is -3.41. The summed E-state index contributed by atoms with van der Waals surface area (Å²) in [5, 5.41) is 5.67. The summed E-state index contributed by atoms with van der Waals surface area (Å²) in [4.78, 5) is 36.8. The molecule has 0 saturated heterocycles. The van der Waals surface area contributed by atoms with E-state index in [1.807, 2.05) is 32.9 Å². The van der Waals surface area contributed by atoms with Gasteiger partial charge in [-0.1, -0.05) is 44.2 Å². The number of benzene rings is 2. The van der Waals surface area contributed by atoms with Gasteiger partial charge in [-0.25, -0.2) is 4.79 Å². The summed E-state index contributed by atoms with van der Waals surface area (Å²) in [6.45, 7) is 7.69. The first-order chi connectivity index (χ1) is 14.3. The van der Waals surface area contributed by atoms with Gasteiger partial charge in [0.05, 0.1) is 6.61 Å². The monoisotopic (exact) mass is 408 g/mol. The summed E-state index contributed by atoms with van der Waals surface area (Å²) in [5.41, 5.74) is 2.80. The summed E-state index contributed by atoms with van der Waals surface area (Å²) in [6, 6.07) is 13.6. The maximum Gasteiger partial charge on any atom is 0.330 e. The first-order valence-corrected chi connectivity index (χ1v) is 9.94. The molecule has 6 nitrogen and oxygen atoms in total. The molecule has 2 N–H and O–H groups in total. The van der Waals surface area contributed by atoms with Crippen LogP contribution in [0, 0.1) is 12.8 Å². The van der Waals surface area contributed by atoms with Crippen molar-refractivity contribution in [3.05, 3.63) is 71.3 Å². The first kappa shape index (κ1) is 22.9. The van der Waals surface area contributed by atoms with Gasteiger partial charge in [0.25, 0.3) is 5.91 Å². The minimum atomic E-state index is -0.680. The molecule has 2 aromatic rings. The maximum atomic E-state index is 12.8. The van der Waals surface area contributed by atoms with Crippen molar-refractivity contribution in [2.45, 2.75) is 33.7 Å². The second kappa shape index (κ2) is 11.0. The highest BCUT2D eigenvalue weighted by molar-refractivity contribution is 6.02. The lowest BCUT2D eigenvalue weighted by molar-refractivity contribution is -0.137. The Balaban J connectivity index is 2.03. The van der Waals surface area contributed by atoms with Crippen molar-refractivity contribution in [1.82, 2.24) is 5.32 Å². The van der Waals surface area contributed by atoms with Crippen LogP contribution in [-0.2, 0) is 14.3 Å². The number of hydrogen-bond donors (Lipinski definition) is 2. The molecule has 1 atom stereocenters. The van der Waals surface area contributed by atoms with Crippen LogP contribution in [0.15, 0.2) is 54.6 Å². The Bertz CT molecular complexity index is 917. The second-order valence-corrected chi connectivity index (χ2v) is 7.21. The summed E-state index contributed by atoms with van der Waals surface area (Å²) in [7, 11) is 0. The van der Waals surface area contributed by atoms with Crippen LogP contribution in [0.1, 0.15) is 42.3 Å². The fraction of sp³-hybridized carbons (Fsp3) is 0.292. The topological polar surface area (TPSA) is 84.5 Å². The molecule has 0 aliphatic heterocycles. The van der Waals surface area contributed by atoms with Crippen LogP contribution < -0.4 is 10.6 Å². The Labute approximate surface area is 177 Å². The Kier molecular flexibility index (Phi) is 8.35. The lowest BCUT2D eigenvalue weighted by Crippen LogP contribution is -2.47. The zero-order chi connectivity index (χ0) is 22.1. The third kappa shape index (κ3) is 6.58. The van der Waals surface area contributed by atoms with Crippen molar-refractivity contribution in [3.63, 3.8) is 0 Å². The third-order valence-electron chi connectivity index (χ3n) is 4.50. The van der Waals surface area contributed by atoms with E-state index in [1.165, 1.54) is 6.08 Å². The minimum Gasteiger partial charge on any atom is -0.463 e. The molecule has 0 heterocycles. The molecule has 0 radical (unpaired) electrons. The molecule has 158 valence electrons. The number of carbonyl (C=O) groups is 3. The molecule has 2 amide bonds. The quantitative estimate of drug-likeness (QED) is 0.511. The van der Waals surface area contributed by atoms with E-state index in [4.69, 9.17) is 4.74 Å². The van der Waals surface area contributed by atoms with Crippen LogP contribution in [0.3, 0.4) is 0 Å². The number of aryl methyl sites for hydroxylation is 1. The molecule has 6 heteroatoms. The van der Waals surface area contributed by atoms with Crippen molar-refractivity contribution >= 4 is 29.5 Å². The number of hydrogen-bond acceptors (Lipinski definition) is 4. The molecule has 0 aromatic heterocycles. The van der Waals surface area contributed by atoms with Gasteiger partial charge in [-0.3, -0.25) is 9.59 Å². The number of esters is 1. The number of carbonyl (C=O) groups excluding carboxylic acids is 3. The van der Waals surface area contributed by atoms with Crippen LogP contribution in [0.2, 0.25) is 0 Å². The molecule has 0 fully saturated rings. The molecule has 2 aromatic carbocycles. The molecule has 0 saturated carbocycles. The lowest BCUT2D eigenvalue weighted by Gasteiger charge is -2.22. The zero-order valence-corrected chi connectivity index (χ0v) is 17.8. The van der Waals surface area contributed by atoms with Crippen molar-refractivity contribution in [2.75, 3.05) is 11.9 Å². The van der Waals surface area contributed by atoms with Crippen molar-refractivity contribution < 1.29 is 19.1 Å². The fourth-order valence-electron chi connectivity index (χ4n) is 2.83. The molecule has 30 heavy (non-hydrogen) atoms. The highest BCUT2D eigenvalue weighted by atomic mass is 16.5. The molecule has 0 aliphatic rings. The second-order valence-electron chi connectivity index (χ2n) is 7.21. The van der Waals surface area contributed by atoms with Crippen LogP contribution >= 0.6 is 0 Å². The van der Waals surface area contributed by atoms with E-state index in [-0.39, 0.29) is 17.7 Å². The Morgan fingerprint density at radius 2 is 1.70 bits per heavy atom. The molecule has 2 rings (SSSR count). The van der Waals surface area contributed by atoms with E-state index in [0.717, 1.165) is 11.1 Å². The number of anilines is 1. The number of ether oxygens (including phenoxy) is 1. The van der Waals surface area contributed by atoms with Crippen molar-refractivity contribution in [2.24, 2.45) is 5.92 Å². The van der Waals surface area contributed by atoms with Gasteiger partial charge in [0.2, 0.25) is 5.91 Å². The van der Waals surface area contributed by atoms with Crippen molar-refractivity contribution in [1.29, 1.82) is 0 Å². The van der Waals surface area contributed by atoms with Crippen LogP contribution in [0.5, 0.6) is 0 Å². The van der Waals surface area contributed by atoms with Crippen LogP contribution in [0.25, 0.3) is 6.08 Å². The normalized spacial score (nSPS) is 11.9. The van der Waals surface area contributed by atoms with Gasteiger partial charge in [0.15, 0.2) is 0 Å². The van der Waals surface area contributed by atoms with E-state index in [9.17, 15) is 14.4 Å². The fourth-order valence-corrected chi connectivity index (χ4v) is 2.83. The third-order valence-corrected chi connectivity index (χ3v) is 4.50. The molecule has 1 unspecified atom stereocenters. The van der Waals surface area contributed by atoms with Gasteiger partial charge in [-0.15, -0.1) is 0 Å². The predicted octanol–water partition coefficient (Wildman–Crippen LogP) is 3.96. The molecular formula is C24H28N2O4. The van der Waals surface area contributed by atoms with Gasteiger partial charge in [0, 0.05) is 17.3 Å². The zero-order valence-electron chi connectivity index (χ0n) is 17.8. The Morgan fingerprint density at radius 1 is 1.03 bits per heavy atom. The minimum absolute atomic E-state index is 0.0928. The van der Waals surface area contributed by atoms with Gasteiger partial charge in [0.1, 0.15) is 6.04 Å². The first-order valence-electron chi connectivity index (χ1n) is 9.94. The predicted molar refractivity (Wildman–Crippen MR) is 118 cm³/mol. The average Bonchev–Trinajstić information content (AvgIpc) is 2.71. The SMILES string of the molecule is CCOC(=O)/C=C/c1ccc(NC(=O)C(NC(=O)c2ccccc2C)C(C)C)cc1. The highest BCUT2D eigenvalue weighted by Gasteiger charge is 2.25. The molecular weight excluding hydrogens is 380 g/mol. The van der Waals surface area contributed by atoms with Crippen LogP contribution in [-0.4, -0.2) is 30.4 Å². The van der Waals surface area contributed by atoms with E-state index in [0.29, 0.717) is 17.9 Å². The molecule has 0 spiro atoms. The molecule has 0 bridgehead atoms. The summed E-state index contributed by atoms with van der Waals surface area (Å²) < 4.78 is 4.84. The molecule has 0 aliphatic carbocycles. The summed E-state index contributed by atoms with van der Waals surface area (Å²) in [5.74, 6) is -1.06. The Morgan fingerprint density at radius 3 is 2.30 bits per heavy atom. The van der Waals surface area contributed by atoms with Gasteiger partial charge in [-0.05, 0) is 55.2 Å². The van der Waals surface area contributed by atoms with Gasteiger partial charge < -0.3 is 15.4 Å². The average molecular weight is 408 g/mol. The van der Waals surface area contributed by atoms with E-state index in [1.54, 1.807) is 49.4 Å². The lowest BCUT2D eigenvalue weighted by atomic mass is 10.0. The van der Waals surface area contributed by atoms with Gasteiger partial charge >= 0.3 is 5.97 Å². The number of amides is 2. The summed E-state index contributed by atoms with van der Waals surface area (Å²) >= 11 is 0.